The van der Waals surface area contributed by atoms with Crippen LogP contribution >= 0.6 is 0 Å². The SMILES string of the molecule is Cn1ncc(-c2ccc3c(c2)C(CN)=NNC3=C=O)c1-c1c(F)c(C=CF)cc(OC2CC2)c1C#N. The highest BCUT2D eigenvalue weighted by atomic mass is 19.1. The summed E-state index contributed by atoms with van der Waals surface area (Å²) < 4.78 is 36.3. The van der Waals surface area contributed by atoms with Crippen LogP contribution in [0.4, 0.5) is 8.78 Å². The summed E-state index contributed by atoms with van der Waals surface area (Å²) in [6.07, 6.45) is 4.37. The number of ether oxygens (including phenoxy) is 1. The number of benzene rings is 2. The maximum absolute atomic E-state index is 15.8. The summed E-state index contributed by atoms with van der Waals surface area (Å²) in [5.74, 6) is 1.24. The summed E-state index contributed by atoms with van der Waals surface area (Å²) in [7, 11) is 1.63. The number of hydrogen-bond acceptors (Lipinski definition) is 7. The molecule has 1 saturated carbocycles. The summed E-state index contributed by atoms with van der Waals surface area (Å²) in [5.41, 5.74) is 11.7. The Kier molecular flexibility index (Phi) is 5.94. The van der Waals surface area contributed by atoms with Gasteiger partial charge >= 0.3 is 0 Å². The van der Waals surface area contributed by atoms with Gasteiger partial charge in [0.2, 0.25) is 0 Å². The largest absolute Gasteiger partial charge is 0.489 e. The number of rotatable bonds is 6. The molecule has 8 nitrogen and oxygen atoms in total. The molecule has 0 spiro atoms. The third-order valence-corrected chi connectivity index (χ3v) is 6.11. The summed E-state index contributed by atoms with van der Waals surface area (Å²) >= 11 is 0. The van der Waals surface area contributed by atoms with Crippen LogP contribution in [0, 0.1) is 17.1 Å². The van der Waals surface area contributed by atoms with Crippen LogP contribution in [0.2, 0.25) is 0 Å². The first-order chi connectivity index (χ1) is 17.5. The minimum atomic E-state index is -0.772. The van der Waals surface area contributed by atoms with Crippen molar-refractivity contribution < 1.29 is 18.3 Å². The molecule has 0 atom stereocenters. The fourth-order valence-electron chi connectivity index (χ4n) is 4.23. The Morgan fingerprint density at radius 2 is 2.11 bits per heavy atom. The number of nitrogens with one attached hydrogen (secondary N) is 1. The predicted octanol–water partition coefficient (Wildman–Crippen LogP) is 3.68. The molecule has 1 aliphatic carbocycles. The summed E-state index contributed by atoms with van der Waals surface area (Å²) in [5, 5.41) is 18.5. The lowest BCUT2D eigenvalue weighted by Crippen LogP contribution is -2.25. The van der Waals surface area contributed by atoms with Crippen molar-refractivity contribution in [3.63, 3.8) is 0 Å². The molecule has 3 N–H and O–H groups in total. The van der Waals surface area contributed by atoms with Gasteiger partial charge in [-0.15, -0.1) is 0 Å². The van der Waals surface area contributed by atoms with E-state index in [0.717, 1.165) is 18.9 Å². The van der Waals surface area contributed by atoms with Gasteiger partial charge in [0.25, 0.3) is 0 Å². The number of aromatic nitrogens is 2. The van der Waals surface area contributed by atoms with E-state index in [-0.39, 0.29) is 47.1 Å². The highest BCUT2D eigenvalue weighted by Crippen LogP contribution is 2.42. The average molecular weight is 486 g/mol. The molecule has 5 rings (SSSR count). The number of hydrazone groups is 1. The zero-order valence-corrected chi connectivity index (χ0v) is 19.2. The van der Waals surface area contributed by atoms with Crippen molar-refractivity contribution >= 4 is 23.4 Å². The topological polar surface area (TPSA) is 118 Å². The highest BCUT2D eigenvalue weighted by Gasteiger charge is 2.30. The number of nitrogens with two attached hydrogens (primary N) is 1. The quantitative estimate of drug-likeness (QED) is 0.513. The van der Waals surface area contributed by atoms with Crippen LogP contribution in [0.1, 0.15) is 35.1 Å². The fourth-order valence-corrected chi connectivity index (χ4v) is 4.23. The molecule has 1 fully saturated rings. The first-order valence-corrected chi connectivity index (χ1v) is 11.2. The maximum atomic E-state index is 15.8. The van der Waals surface area contributed by atoms with Gasteiger partial charge < -0.3 is 10.5 Å². The molecule has 0 radical (unpaired) electrons. The third-order valence-electron chi connectivity index (χ3n) is 6.11. The van der Waals surface area contributed by atoms with Crippen LogP contribution in [0.3, 0.4) is 0 Å². The van der Waals surface area contributed by atoms with Crippen molar-refractivity contribution in [2.24, 2.45) is 17.9 Å². The Bertz CT molecular complexity index is 1540. The number of hydrogen-bond donors (Lipinski definition) is 2. The van der Waals surface area contributed by atoms with E-state index in [4.69, 9.17) is 10.5 Å². The highest BCUT2D eigenvalue weighted by molar-refractivity contribution is 6.10. The van der Waals surface area contributed by atoms with E-state index >= 15 is 4.39 Å². The smallest absolute Gasteiger partial charge is 0.152 e. The molecule has 180 valence electrons. The number of aryl methyl sites for hydroxylation is 1. The molecule has 0 amide bonds. The Morgan fingerprint density at radius 3 is 2.78 bits per heavy atom. The zero-order valence-electron chi connectivity index (χ0n) is 19.2. The molecule has 0 bridgehead atoms. The van der Waals surface area contributed by atoms with Gasteiger partial charge in [-0.2, -0.15) is 15.5 Å². The Morgan fingerprint density at radius 1 is 1.31 bits per heavy atom. The second-order valence-corrected chi connectivity index (χ2v) is 8.39. The van der Waals surface area contributed by atoms with Gasteiger partial charge in [-0.25, -0.2) is 13.6 Å². The zero-order chi connectivity index (χ0) is 25.4. The molecular weight excluding hydrogens is 466 g/mol. The molecule has 1 aromatic heterocycles. The van der Waals surface area contributed by atoms with E-state index < -0.39 is 5.82 Å². The van der Waals surface area contributed by atoms with Gasteiger partial charge in [0.15, 0.2) is 5.94 Å². The van der Waals surface area contributed by atoms with Crippen LogP contribution in [-0.4, -0.2) is 34.1 Å². The number of halogens is 2. The van der Waals surface area contributed by atoms with E-state index in [0.29, 0.717) is 33.7 Å². The molecular formula is C26H20F2N6O2. The Hall–Kier alpha value is -4.58. The van der Waals surface area contributed by atoms with Crippen molar-refractivity contribution in [2.45, 2.75) is 18.9 Å². The Balaban J connectivity index is 1.75. The molecule has 10 heteroatoms. The van der Waals surface area contributed by atoms with Gasteiger partial charge in [-0.1, -0.05) is 12.1 Å². The van der Waals surface area contributed by atoms with Crippen molar-refractivity contribution in [3.05, 3.63) is 64.9 Å². The fraction of sp³-hybridized carbons (Fsp3) is 0.192. The molecule has 36 heavy (non-hydrogen) atoms. The lowest BCUT2D eigenvalue weighted by Gasteiger charge is -2.19. The minimum absolute atomic E-state index is 0.00203. The lowest BCUT2D eigenvalue weighted by molar-refractivity contribution is 0.302. The molecule has 2 aromatic carbocycles. The van der Waals surface area contributed by atoms with Crippen LogP contribution in [-0.2, 0) is 11.8 Å². The van der Waals surface area contributed by atoms with Gasteiger partial charge in [-0.3, -0.25) is 10.1 Å². The number of nitriles is 1. The van der Waals surface area contributed by atoms with Crippen LogP contribution < -0.4 is 15.9 Å². The minimum Gasteiger partial charge on any atom is -0.489 e. The van der Waals surface area contributed by atoms with Crippen molar-refractivity contribution in [1.29, 1.82) is 5.26 Å². The van der Waals surface area contributed by atoms with Crippen molar-refractivity contribution in [2.75, 3.05) is 6.54 Å². The van der Waals surface area contributed by atoms with Crippen LogP contribution in [0.15, 0.2) is 41.9 Å². The molecule has 0 unspecified atom stereocenters. The summed E-state index contributed by atoms with van der Waals surface area (Å²) in [6, 6.07) is 8.64. The lowest BCUT2D eigenvalue weighted by atomic mass is 9.91. The summed E-state index contributed by atoms with van der Waals surface area (Å²) in [4.78, 5) is 11.4. The molecule has 2 aliphatic rings. The normalized spacial score (nSPS) is 14.6. The molecule has 2 heterocycles. The van der Waals surface area contributed by atoms with Crippen molar-refractivity contribution in [3.8, 4) is 34.2 Å². The molecule has 0 saturated heterocycles. The Labute approximate surface area is 205 Å². The van der Waals surface area contributed by atoms with Crippen LogP contribution in [0.25, 0.3) is 34.2 Å². The maximum Gasteiger partial charge on any atom is 0.152 e. The van der Waals surface area contributed by atoms with Gasteiger partial charge in [0.1, 0.15) is 28.9 Å². The monoisotopic (exact) mass is 486 g/mol. The van der Waals surface area contributed by atoms with Gasteiger partial charge in [0, 0.05) is 35.8 Å². The standard InChI is InChI=1S/C26H20F2N6O2/c1-34-26(24-19(10-29)23(36-16-3-4-16)9-15(6-7-27)25(24)28)20(12-31-34)14-2-5-17-18(8-14)21(11-30)32-33-22(17)13-35/h2,5-9,12,16,33H,3-4,11,30H2,1H3. The van der Waals surface area contributed by atoms with Crippen LogP contribution in [0.5, 0.6) is 5.75 Å². The first-order valence-electron chi connectivity index (χ1n) is 11.2. The predicted molar refractivity (Wildman–Crippen MR) is 130 cm³/mol. The van der Waals surface area contributed by atoms with E-state index in [1.54, 1.807) is 31.4 Å². The van der Waals surface area contributed by atoms with E-state index in [1.165, 1.54) is 10.7 Å². The third kappa shape index (κ3) is 3.86. The number of fused-ring (bicyclic) bond motifs is 1. The molecule has 1 aliphatic heterocycles. The second-order valence-electron chi connectivity index (χ2n) is 8.39. The average Bonchev–Trinajstić information content (AvgIpc) is 3.63. The summed E-state index contributed by atoms with van der Waals surface area (Å²) in [6.45, 7) is 0.113. The molecule has 3 aromatic rings. The van der Waals surface area contributed by atoms with E-state index in [1.807, 2.05) is 5.94 Å². The number of nitrogens with zero attached hydrogens (tertiary/aromatic N) is 4. The van der Waals surface area contributed by atoms with E-state index in [2.05, 4.69) is 21.7 Å². The second kappa shape index (κ2) is 9.23. The van der Waals surface area contributed by atoms with E-state index in [9.17, 15) is 14.4 Å². The van der Waals surface area contributed by atoms with Gasteiger partial charge in [0.05, 0.1) is 35.6 Å². The number of carbonyl (C=O) groups excluding carboxylic acids is 1. The van der Waals surface area contributed by atoms with Crippen molar-refractivity contribution in [1.82, 2.24) is 15.2 Å². The van der Waals surface area contributed by atoms with Gasteiger partial charge in [-0.05, 0) is 36.6 Å². The first kappa shape index (κ1) is 23.2.